The lowest BCUT2D eigenvalue weighted by Crippen LogP contribution is -2.28. The number of phenols is 1. The minimum Gasteiger partial charge on any atom is -0.507 e. The van der Waals surface area contributed by atoms with Crippen LogP contribution in [0.3, 0.4) is 0 Å². The maximum Gasteiger partial charge on any atom is 0.134 e. The summed E-state index contributed by atoms with van der Waals surface area (Å²) in [5, 5.41) is 10.4. The summed E-state index contributed by atoms with van der Waals surface area (Å²) in [6, 6.07) is 12.8. The molecule has 0 bridgehead atoms. The van der Waals surface area contributed by atoms with Crippen LogP contribution in [0.4, 0.5) is 0 Å². The normalized spacial score (nSPS) is 19.6. The SMILES string of the molecule is C=C(C)COc1ccc(C2NNCC2Oc2ccccc2Br)c(O)c1. The number of hydrogen-bond acceptors (Lipinski definition) is 5. The van der Waals surface area contributed by atoms with Crippen LogP contribution in [0.25, 0.3) is 0 Å². The van der Waals surface area contributed by atoms with E-state index in [1.807, 2.05) is 43.3 Å². The van der Waals surface area contributed by atoms with Crippen LogP contribution in [0.5, 0.6) is 17.2 Å². The molecule has 0 spiro atoms. The number of nitrogens with one attached hydrogen (secondary N) is 2. The molecular formula is C19H21BrN2O3. The molecule has 2 atom stereocenters. The van der Waals surface area contributed by atoms with Gasteiger partial charge in [-0.05, 0) is 52.7 Å². The third kappa shape index (κ3) is 4.34. The van der Waals surface area contributed by atoms with Gasteiger partial charge in [-0.3, -0.25) is 5.43 Å². The summed E-state index contributed by atoms with van der Waals surface area (Å²) in [6.45, 7) is 6.75. The van der Waals surface area contributed by atoms with Gasteiger partial charge in [0.15, 0.2) is 0 Å². The lowest BCUT2D eigenvalue weighted by molar-refractivity contribution is 0.194. The van der Waals surface area contributed by atoms with Gasteiger partial charge < -0.3 is 14.6 Å². The Bertz CT molecular complexity index is 766. The molecule has 132 valence electrons. The van der Waals surface area contributed by atoms with Crippen LogP contribution in [0.2, 0.25) is 0 Å². The van der Waals surface area contributed by atoms with Crippen molar-refractivity contribution in [1.29, 1.82) is 0 Å². The molecular weight excluding hydrogens is 384 g/mol. The standard InChI is InChI=1S/C19H21BrN2O3/c1-12(2)11-24-13-7-8-14(16(23)9-13)19-18(10-21-22-19)25-17-6-4-3-5-15(17)20/h3-9,18-19,21-23H,1,10-11H2,2H3. The van der Waals surface area contributed by atoms with Gasteiger partial charge in [0, 0.05) is 18.2 Å². The number of hydrazine groups is 1. The van der Waals surface area contributed by atoms with Crippen molar-refractivity contribution in [2.24, 2.45) is 0 Å². The van der Waals surface area contributed by atoms with Crippen molar-refractivity contribution >= 4 is 15.9 Å². The van der Waals surface area contributed by atoms with Gasteiger partial charge >= 0.3 is 0 Å². The molecule has 0 saturated carbocycles. The summed E-state index contributed by atoms with van der Waals surface area (Å²) in [4.78, 5) is 0. The van der Waals surface area contributed by atoms with E-state index in [1.165, 1.54) is 0 Å². The summed E-state index contributed by atoms with van der Waals surface area (Å²) in [5.41, 5.74) is 7.94. The molecule has 1 aliphatic heterocycles. The number of phenolic OH excluding ortho intramolecular Hbond substituents is 1. The van der Waals surface area contributed by atoms with E-state index in [-0.39, 0.29) is 17.9 Å². The zero-order valence-electron chi connectivity index (χ0n) is 14.0. The van der Waals surface area contributed by atoms with Crippen molar-refractivity contribution in [2.75, 3.05) is 13.2 Å². The van der Waals surface area contributed by atoms with Crippen molar-refractivity contribution < 1.29 is 14.6 Å². The van der Waals surface area contributed by atoms with Crippen molar-refractivity contribution in [1.82, 2.24) is 10.9 Å². The number of ether oxygens (including phenoxy) is 2. The van der Waals surface area contributed by atoms with Gasteiger partial charge in [0.2, 0.25) is 0 Å². The highest BCUT2D eigenvalue weighted by Crippen LogP contribution is 2.34. The van der Waals surface area contributed by atoms with Gasteiger partial charge in [-0.1, -0.05) is 18.7 Å². The molecule has 2 aromatic carbocycles. The van der Waals surface area contributed by atoms with Crippen molar-refractivity contribution in [3.8, 4) is 17.2 Å². The first-order valence-electron chi connectivity index (χ1n) is 8.04. The largest absolute Gasteiger partial charge is 0.507 e. The van der Waals surface area contributed by atoms with E-state index in [0.717, 1.165) is 21.4 Å². The van der Waals surface area contributed by atoms with E-state index in [2.05, 4.69) is 33.4 Å². The van der Waals surface area contributed by atoms with Crippen LogP contribution in [-0.2, 0) is 0 Å². The van der Waals surface area contributed by atoms with Crippen LogP contribution in [0, 0.1) is 0 Å². The fourth-order valence-electron chi connectivity index (χ4n) is 2.65. The molecule has 1 aliphatic rings. The molecule has 3 N–H and O–H groups in total. The summed E-state index contributed by atoms with van der Waals surface area (Å²) in [6.07, 6.45) is -0.160. The average Bonchev–Trinajstić information content (AvgIpc) is 3.03. The molecule has 2 unspecified atom stereocenters. The zero-order valence-corrected chi connectivity index (χ0v) is 15.5. The molecule has 0 radical (unpaired) electrons. The highest BCUT2D eigenvalue weighted by molar-refractivity contribution is 9.10. The van der Waals surface area contributed by atoms with Gasteiger partial charge in [-0.15, -0.1) is 0 Å². The van der Waals surface area contributed by atoms with E-state index < -0.39 is 0 Å². The van der Waals surface area contributed by atoms with Gasteiger partial charge in [0.25, 0.3) is 0 Å². The molecule has 6 heteroatoms. The number of rotatable bonds is 6. The quantitative estimate of drug-likeness (QED) is 0.640. The van der Waals surface area contributed by atoms with Gasteiger partial charge in [-0.25, -0.2) is 5.43 Å². The van der Waals surface area contributed by atoms with Crippen LogP contribution < -0.4 is 20.3 Å². The third-order valence-electron chi connectivity index (χ3n) is 3.87. The van der Waals surface area contributed by atoms with Crippen molar-refractivity contribution in [3.05, 3.63) is 64.7 Å². The van der Waals surface area contributed by atoms with Crippen molar-refractivity contribution in [2.45, 2.75) is 19.1 Å². The Hall–Kier alpha value is -2.02. The molecule has 1 fully saturated rings. The van der Waals surface area contributed by atoms with Gasteiger partial charge in [-0.2, -0.15) is 0 Å². The van der Waals surface area contributed by atoms with Crippen LogP contribution in [-0.4, -0.2) is 24.4 Å². The van der Waals surface area contributed by atoms with Crippen molar-refractivity contribution in [3.63, 3.8) is 0 Å². The Balaban J connectivity index is 1.75. The Morgan fingerprint density at radius 2 is 2.12 bits per heavy atom. The van der Waals surface area contributed by atoms with Crippen LogP contribution in [0.1, 0.15) is 18.5 Å². The van der Waals surface area contributed by atoms with Crippen LogP contribution in [0.15, 0.2) is 59.1 Å². The van der Waals surface area contributed by atoms with E-state index >= 15 is 0 Å². The molecule has 0 amide bonds. The summed E-state index contributed by atoms with van der Waals surface area (Å²) < 4.78 is 12.6. The highest BCUT2D eigenvalue weighted by atomic mass is 79.9. The topological polar surface area (TPSA) is 62.8 Å². The summed E-state index contributed by atoms with van der Waals surface area (Å²) in [5.74, 6) is 1.54. The van der Waals surface area contributed by atoms with E-state index in [0.29, 0.717) is 18.9 Å². The first-order valence-corrected chi connectivity index (χ1v) is 8.83. The van der Waals surface area contributed by atoms with E-state index in [4.69, 9.17) is 9.47 Å². The number of benzene rings is 2. The molecule has 5 nitrogen and oxygen atoms in total. The second kappa shape index (κ2) is 7.91. The fourth-order valence-corrected chi connectivity index (χ4v) is 3.03. The lowest BCUT2D eigenvalue weighted by Gasteiger charge is -2.22. The molecule has 25 heavy (non-hydrogen) atoms. The maximum atomic E-state index is 10.4. The maximum absolute atomic E-state index is 10.4. The Morgan fingerprint density at radius 3 is 2.84 bits per heavy atom. The van der Waals surface area contributed by atoms with E-state index in [1.54, 1.807) is 6.07 Å². The summed E-state index contributed by atoms with van der Waals surface area (Å²) >= 11 is 3.49. The second-order valence-electron chi connectivity index (χ2n) is 6.06. The minimum absolute atomic E-state index is 0.160. The van der Waals surface area contributed by atoms with Gasteiger partial charge in [0.05, 0.1) is 10.5 Å². The monoisotopic (exact) mass is 404 g/mol. The Kier molecular flexibility index (Phi) is 5.63. The van der Waals surface area contributed by atoms with Gasteiger partial charge in [0.1, 0.15) is 30.0 Å². The van der Waals surface area contributed by atoms with E-state index in [9.17, 15) is 5.11 Å². The second-order valence-corrected chi connectivity index (χ2v) is 6.91. The number of aromatic hydroxyl groups is 1. The fraction of sp³-hybridized carbons (Fsp3) is 0.263. The number of para-hydroxylation sites is 1. The smallest absolute Gasteiger partial charge is 0.134 e. The third-order valence-corrected chi connectivity index (χ3v) is 4.52. The molecule has 0 aliphatic carbocycles. The molecule has 1 saturated heterocycles. The Labute approximate surface area is 155 Å². The predicted molar refractivity (Wildman–Crippen MR) is 101 cm³/mol. The van der Waals surface area contributed by atoms with Crippen LogP contribution >= 0.6 is 15.9 Å². The summed E-state index contributed by atoms with van der Waals surface area (Å²) in [7, 11) is 0. The molecule has 2 aromatic rings. The molecule has 3 rings (SSSR count). The predicted octanol–water partition coefficient (Wildman–Crippen LogP) is 3.71. The Morgan fingerprint density at radius 1 is 1.32 bits per heavy atom. The lowest BCUT2D eigenvalue weighted by atomic mass is 10.0. The molecule has 1 heterocycles. The average molecular weight is 405 g/mol. The first kappa shape index (κ1) is 17.8. The minimum atomic E-state index is -0.178. The molecule has 0 aromatic heterocycles. The zero-order chi connectivity index (χ0) is 17.8. The number of hydrogen-bond donors (Lipinski definition) is 3. The highest BCUT2D eigenvalue weighted by Gasteiger charge is 2.32. The first-order chi connectivity index (χ1) is 12.0. The number of halogens is 1.